The molecule has 0 saturated heterocycles. The fourth-order valence-electron chi connectivity index (χ4n) is 1.32. The third-order valence-electron chi connectivity index (χ3n) is 2.01. The first kappa shape index (κ1) is 8.78. The summed E-state index contributed by atoms with van der Waals surface area (Å²) in [5.41, 5.74) is 8.96. The third kappa shape index (κ3) is 1.84. The lowest BCUT2D eigenvalue weighted by Gasteiger charge is -2.07. The summed E-state index contributed by atoms with van der Waals surface area (Å²) in [5, 5.41) is 7.20. The van der Waals surface area contributed by atoms with E-state index in [-0.39, 0.29) is 5.84 Å². The number of aryl methyl sites for hydroxylation is 2. The van der Waals surface area contributed by atoms with Crippen LogP contribution in [0.1, 0.15) is 16.7 Å². The Hall–Kier alpha value is -1.31. The molecule has 0 fully saturated rings. The Balaban J connectivity index is 3.04. The molecule has 0 unspecified atom stereocenters. The van der Waals surface area contributed by atoms with Crippen LogP contribution < -0.4 is 5.73 Å². The molecule has 0 aliphatic heterocycles. The van der Waals surface area contributed by atoms with Gasteiger partial charge >= 0.3 is 0 Å². The summed E-state index contributed by atoms with van der Waals surface area (Å²) in [6, 6.07) is 6.12. The van der Waals surface area contributed by atoms with Gasteiger partial charge in [-0.3, -0.25) is 5.41 Å². The molecule has 0 atom stereocenters. The molecule has 0 aromatic heterocycles. The number of amidine groups is 1. The summed E-state index contributed by atoms with van der Waals surface area (Å²) in [6.07, 6.45) is 0.568. The van der Waals surface area contributed by atoms with Gasteiger partial charge in [-0.2, -0.15) is 0 Å². The van der Waals surface area contributed by atoms with Gasteiger partial charge in [0.1, 0.15) is 0 Å². The van der Waals surface area contributed by atoms with E-state index in [4.69, 9.17) is 11.1 Å². The average molecular weight is 162 g/mol. The van der Waals surface area contributed by atoms with Crippen LogP contribution in [0.2, 0.25) is 0 Å². The number of hydrogen-bond acceptors (Lipinski definition) is 1. The summed E-state index contributed by atoms with van der Waals surface area (Å²) in [5.74, 6) is 0.229. The van der Waals surface area contributed by atoms with Gasteiger partial charge in [0.15, 0.2) is 0 Å². The summed E-state index contributed by atoms with van der Waals surface area (Å²) >= 11 is 0. The first-order valence-corrected chi connectivity index (χ1v) is 3.99. The van der Waals surface area contributed by atoms with E-state index in [1.54, 1.807) is 0 Å². The van der Waals surface area contributed by atoms with Gasteiger partial charge in [-0.15, -0.1) is 0 Å². The molecular weight excluding hydrogens is 148 g/mol. The van der Waals surface area contributed by atoms with Crippen molar-refractivity contribution >= 4 is 5.84 Å². The van der Waals surface area contributed by atoms with Crippen molar-refractivity contribution in [2.75, 3.05) is 0 Å². The van der Waals surface area contributed by atoms with Gasteiger partial charge in [0, 0.05) is 6.42 Å². The highest BCUT2D eigenvalue weighted by atomic mass is 14.7. The van der Waals surface area contributed by atoms with E-state index < -0.39 is 0 Å². The van der Waals surface area contributed by atoms with Crippen LogP contribution in [0.15, 0.2) is 18.2 Å². The normalized spacial score (nSPS) is 9.83. The predicted octanol–water partition coefficient (Wildman–Crippen LogP) is 1.78. The molecule has 3 N–H and O–H groups in total. The lowest BCUT2D eigenvalue weighted by molar-refractivity contribution is 1.17. The summed E-state index contributed by atoms with van der Waals surface area (Å²) in [4.78, 5) is 0. The third-order valence-corrected chi connectivity index (χ3v) is 2.01. The van der Waals surface area contributed by atoms with Crippen molar-refractivity contribution in [3.8, 4) is 0 Å². The Kier molecular flexibility index (Phi) is 2.48. The topological polar surface area (TPSA) is 49.9 Å². The lowest BCUT2D eigenvalue weighted by Crippen LogP contribution is -2.14. The monoisotopic (exact) mass is 162 g/mol. The average Bonchev–Trinajstić information content (AvgIpc) is 1.97. The predicted molar refractivity (Wildman–Crippen MR) is 51.5 cm³/mol. The van der Waals surface area contributed by atoms with E-state index in [0.29, 0.717) is 6.42 Å². The minimum atomic E-state index is 0.229. The maximum atomic E-state index is 7.20. The molecule has 0 bridgehead atoms. The second kappa shape index (κ2) is 3.39. The van der Waals surface area contributed by atoms with Crippen molar-refractivity contribution in [3.63, 3.8) is 0 Å². The van der Waals surface area contributed by atoms with Crippen molar-refractivity contribution in [2.45, 2.75) is 20.3 Å². The van der Waals surface area contributed by atoms with Gasteiger partial charge in [0.2, 0.25) is 0 Å². The van der Waals surface area contributed by atoms with Crippen molar-refractivity contribution < 1.29 is 0 Å². The molecule has 2 nitrogen and oxygen atoms in total. The van der Waals surface area contributed by atoms with Gasteiger partial charge in [0.05, 0.1) is 5.84 Å². The van der Waals surface area contributed by atoms with Crippen LogP contribution in [0.5, 0.6) is 0 Å². The quantitative estimate of drug-likeness (QED) is 0.505. The number of nitrogens with two attached hydrogens (primary N) is 1. The van der Waals surface area contributed by atoms with Crippen LogP contribution in [0, 0.1) is 19.3 Å². The van der Waals surface area contributed by atoms with Gasteiger partial charge in [-0.1, -0.05) is 18.2 Å². The number of nitrogens with one attached hydrogen (secondary N) is 1. The molecule has 0 amide bonds. The van der Waals surface area contributed by atoms with E-state index in [1.807, 2.05) is 32.0 Å². The van der Waals surface area contributed by atoms with Crippen molar-refractivity contribution in [1.29, 1.82) is 5.41 Å². The molecule has 0 radical (unpaired) electrons. The highest BCUT2D eigenvalue weighted by molar-refractivity contribution is 5.80. The molecule has 0 aliphatic rings. The number of benzene rings is 1. The highest BCUT2D eigenvalue weighted by Gasteiger charge is 2.02. The van der Waals surface area contributed by atoms with Gasteiger partial charge in [0.25, 0.3) is 0 Å². The molecule has 0 spiro atoms. The Morgan fingerprint density at radius 1 is 1.33 bits per heavy atom. The van der Waals surface area contributed by atoms with E-state index >= 15 is 0 Å². The maximum Gasteiger partial charge on any atom is 0.0950 e. The standard InChI is InChI=1S/C10H14N2/c1-7-4-3-5-8(2)9(7)6-10(11)12/h3-5H,6H2,1-2H3,(H3,11,12). The van der Waals surface area contributed by atoms with Crippen LogP contribution >= 0.6 is 0 Å². The summed E-state index contributed by atoms with van der Waals surface area (Å²) in [7, 11) is 0. The largest absolute Gasteiger partial charge is 0.387 e. The van der Waals surface area contributed by atoms with Crippen molar-refractivity contribution in [2.24, 2.45) is 5.73 Å². The molecule has 12 heavy (non-hydrogen) atoms. The van der Waals surface area contributed by atoms with Gasteiger partial charge in [-0.25, -0.2) is 0 Å². The van der Waals surface area contributed by atoms with Gasteiger partial charge < -0.3 is 5.73 Å². The zero-order valence-corrected chi connectivity index (χ0v) is 7.52. The summed E-state index contributed by atoms with van der Waals surface area (Å²) < 4.78 is 0. The van der Waals surface area contributed by atoms with Crippen molar-refractivity contribution in [3.05, 3.63) is 34.9 Å². The Bertz CT molecular complexity index is 282. The highest BCUT2D eigenvalue weighted by Crippen LogP contribution is 2.13. The van der Waals surface area contributed by atoms with Crippen LogP contribution in [0.3, 0.4) is 0 Å². The van der Waals surface area contributed by atoms with E-state index in [0.717, 1.165) is 0 Å². The maximum absolute atomic E-state index is 7.20. The number of hydrogen-bond donors (Lipinski definition) is 2. The van der Waals surface area contributed by atoms with E-state index in [2.05, 4.69) is 0 Å². The van der Waals surface area contributed by atoms with Crippen LogP contribution in [0.4, 0.5) is 0 Å². The van der Waals surface area contributed by atoms with Crippen LogP contribution in [-0.4, -0.2) is 5.84 Å². The summed E-state index contributed by atoms with van der Waals surface area (Å²) in [6.45, 7) is 4.09. The molecule has 0 heterocycles. The smallest absolute Gasteiger partial charge is 0.0950 e. The zero-order valence-electron chi connectivity index (χ0n) is 7.52. The Morgan fingerprint density at radius 3 is 2.25 bits per heavy atom. The SMILES string of the molecule is Cc1cccc(C)c1CC(=N)N. The van der Waals surface area contributed by atoms with Crippen LogP contribution in [-0.2, 0) is 6.42 Å². The molecule has 1 aromatic rings. The molecule has 0 aliphatic carbocycles. The fraction of sp³-hybridized carbons (Fsp3) is 0.300. The van der Waals surface area contributed by atoms with E-state index in [9.17, 15) is 0 Å². The van der Waals surface area contributed by atoms with Gasteiger partial charge in [-0.05, 0) is 30.5 Å². The Morgan fingerprint density at radius 2 is 1.83 bits per heavy atom. The molecular formula is C10H14N2. The number of rotatable bonds is 2. The molecule has 2 heteroatoms. The van der Waals surface area contributed by atoms with Crippen LogP contribution in [0.25, 0.3) is 0 Å². The molecule has 64 valence electrons. The van der Waals surface area contributed by atoms with Crippen molar-refractivity contribution in [1.82, 2.24) is 0 Å². The molecule has 0 saturated carbocycles. The van der Waals surface area contributed by atoms with E-state index in [1.165, 1.54) is 16.7 Å². The molecule has 1 rings (SSSR count). The lowest BCUT2D eigenvalue weighted by atomic mass is 10.00. The minimum Gasteiger partial charge on any atom is -0.387 e. The first-order chi connectivity index (χ1) is 5.61. The first-order valence-electron chi connectivity index (χ1n) is 3.99. The molecule has 1 aromatic carbocycles. The fourth-order valence-corrected chi connectivity index (χ4v) is 1.32. The Labute approximate surface area is 72.9 Å². The second-order valence-electron chi connectivity index (χ2n) is 3.07. The minimum absolute atomic E-state index is 0.229. The zero-order chi connectivity index (χ0) is 9.14. The second-order valence-corrected chi connectivity index (χ2v) is 3.07.